The second-order valence-corrected chi connectivity index (χ2v) is 8.02. The van der Waals surface area contributed by atoms with E-state index in [0.29, 0.717) is 16.7 Å². The standard InChI is InChI=1S/C23H26ClNO5/c1-15-7-9-18(11-15)30-21-10-8-17(12-19(21)24)22(27)20(13-26)25-23(28)29-14-16-5-3-2-4-6-16/h2-6,8,10,12,15,18,20,26H,7,9,11,13-14H2,1H3,(H,25,28)/t15?,18?,20-/m1/s1. The van der Waals surface area contributed by atoms with Crippen LogP contribution < -0.4 is 10.1 Å². The molecule has 0 bridgehead atoms. The maximum absolute atomic E-state index is 12.7. The van der Waals surface area contributed by atoms with Crippen molar-refractivity contribution >= 4 is 23.5 Å². The number of hydrogen-bond donors (Lipinski definition) is 2. The fraction of sp³-hybridized carbons (Fsp3) is 0.391. The Morgan fingerprint density at radius 1 is 1.20 bits per heavy atom. The number of aliphatic hydroxyl groups is 1. The van der Waals surface area contributed by atoms with E-state index >= 15 is 0 Å². The molecule has 30 heavy (non-hydrogen) atoms. The van der Waals surface area contributed by atoms with Gasteiger partial charge in [-0.1, -0.05) is 48.9 Å². The van der Waals surface area contributed by atoms with Crippen molar-refractivity contribution in [2.24, 2.45) is 5.92 Å². The summed E-state index contributed by atoms with van der Waals surface area (Å²) in [7, 11) is 0. The predicted molar refractivity (Wildman–Crippen MR) is 114 cm³/mol. The van der Waals surface area contributed by atoms with Gasteiger partial charge in [0.1, 0.15) is 18.4 Å². The molecule has 0 spiro atoms. The molecule has 1 amide bonds. The summed E-state index contributed by atoms with van der Waals surface area (Å²) in [6, 6.07) is 12.8. The number of nitrogens with one attached hydrogen (secondary N) is 1. The molecule has 3 atom stereocenters. The molecule has 0 saturated heterocycles. The van der Waals surface area contributed by atoms with Crippen LogP contribution in [0.15, 0.2) is 48.5 Å². The van der Waals surface area contributed by atoms with Crippen LogP contribution in [0.1, 0.15) is 42.1 Å². The molecule has 2 unspecified atom stereocenters. The third-order valence-corrected chi connectivity index (χ3v) is 5.46. The summed E-state index contributed by atoms with van der Waals surface area (Å²) >= 11 is 6.31. The van der Waals surface area contributed by atoms with E-state index in [1.165, 1.54) is 6.07 Å². The maximum atomic E-state index is 12.7. The summed E-state index contributed by atoms with van der Waals surface area (Å²) in [5.74, 6) is 0.702. The van der Waals surface area contributed by atoms with Crippen LogP contribution in [0.2, 0.25) is 5.02 Å². The average Bonchev–Trinajstić information content (AvgIpc) is 3.17. The van der Waals surface area contributed by atoms with Gasteiger partial charge >= 0.3 is 6.09 Å². The van der Waals surface area contributed by atoms with Crippen molar-refractivity contribution in [3.8, 4) is 5.75 Å². The fourth-order valence-electron chi connectivity index (χ4n) is 3.49. The molecule has 7 heteroatoms. The smallest absolute Gasteiger partial charge is 0.408 e. The van der Waals surface area contributed by atoms with Crippen LogP contribution in [0, 0.1) is 5.92 Å². The van der Waals surface area contributed by atoms with Gasteiger partial charge in [0.25, 0.3) is 0 Å². The van der Waals surface area contributed by atoms with E-state index in [9.17, 15) is 14.7 Å². The molecule has 2 aromatic carbocycles. The van der Waals surface area contributed by atoms with Gasteiger partial charge in [0.2, 0.25) is 0 Å². The second-order valence-electron chi connectivity index (χ2n) is 7.61. The minimum absolute atomic E-state index is 0.0661. The van der Waals surface area contributed by atoms with Crippen LogP contribution in [-0.2, 0) is 11.3 Å². The number of alkyl carbamates (subject to hydrolysis) is 1. The lowest BCUT2D eigenvalue weighted by Crippen LogP contribution is -2.43. The fourth-order valence-corrected chi connectivity index (χ4v) is 3.72. The highest BCUT2D eigenvalue weighted by atomic mass is 35.5. The minimum Gasteiger partial charge on any atom is -0.489 e. The molecule has 0 radical (unpaired) electrons. The Kier molecular flexibility index (Phi) is 7.71. The maximum Gasteiger partial charge on any atom is 0.408 e. The van der Waals surface area contributed by atoms with E-state index in [1.807, 2.05) is 30.3 Å². The van der Waals surface area contributed by atoms with Gasteiger partial charge in [0.05, 0.1) is 17.7 Å². The molecule has 0 aromatic heterocycles. The quantitative estimate of drug-likeness (QED) is 0.606. The Hall–Kier alpha value is -2.57. The molecule has 1 saturated carbocycles. The van der Waals surface area contributed by atoms with E-state index in [4.69, 9.17) is 21.1 Å². The largest absolute Gasteiger partial charge is 0.489 e. The number of amides is 1. The Bertz CT molecular complexity index is 873. The number of ketones is 1. The van der Waals surface area contributed by atoms with Gasteiger partial charge in [-0.25, -0.2) is 4.79 Å². The highest BCUT2D eigenvalue weighted by molar-refractivity contribution is 6.32. The zero-order valence-electron chi connectivity index (χ0n) is 16.8. The first kappa shape index (κ1) is 22.1. The third kappa shape index (κ3) is 5.97. The van der Waals surface area contributed by atoms with Gasteiger partial charge in [-0.15, -0.1) is 0 Å². The number of rotatable bonds is 8. The lowest BCUT2D eigenvalue weighted by molar-refractivity contribution is 0.0864. The SMILES string of the molecule is CC1CCC(Oc2ccc(C(=O)[C@@H](CO)NC(=O)OCc3ccccc3)cc2Cl)C1. The first-order valence-corrected chi connectivity index (χ1v) is 10.4. The van der Waals surface area contributed by atoms with Gasteiger partial charge in [-0.3, -0.25) is 4.79 Å². The number of hydrogen-bond acceptors (Lipinski definition) is 5. The van der Waals surface area contributed by atoms with Crippen molar-refractivity contribution in [2.45, 2.75) is 44.9 Å². The highest BCUT2D eigenvalue weighted by Gasteiger charge is 2.25. The molecule has 2 N–H and O–H groups in total. The van der Waals surface area contributed by atoms with Crippen LogP contribution in [0.25, 0.3) is 0 Å². The molecule has 0 aliphatic heterocycles. The van der Waals surface area contributed by atoms with Crippen LogP contribution in [0.4, 0.5) is 4.79 Å². The Balaban J connectivity index is 1.57. The van der Waals surface area contributed by atoms with Crippen LogP contribution >= 0.6 is 11.6 Å². The third-order valence-electron chi connectivity index (χ3n) is 5.16. The van der Waals surface area contributed by atoms with Crippen LogP contribution in [0.5, 0.6) is 5.75 Å². The molecule has 1 aliphatic carbocycles. The summed E-state index contributed by atoms with van der Waals surface area (Å²) < 4.78 is 11.1. The molecule has 1 fully saturated rings. The van der Waals surface area contributed by atoms with Gasteiger partial charge in [0, 0.05) is 5.56 Å². The topological polar surface area (TPSA) is 84.9 Å². The van der Waals surface area contributed by atoms with E-state index in [1.54, 1.807) is 12.1 Å². The Morgan fingerprint density at radius 2 is 1.97 bits per heavy atom. The Morgan fingerprint density at radius 3 is 2.60 bits per heavy atom. The average molecular weight is 432 g/mol. The van der Waals surface area contributed by atoms with Gasteiger partial charge in [0.15, 0.2) is 5.78 Å². The normalized spacial score (nSPS) is 19.2. The van der Waals surface area contributed by atoms with E-state index in [0.717, 1.165) is 24.8 Å². The zero-order chi connectivity index (χ0) is 21.5. The lowest BCUT2D eigenvalue weighted by atomic mass is 10.0. The number of aliphatic hydroxyl groups excluding tert-OH is 1. The van der Waals surface area contributed by atoms with Crippen molar-refractivity contribution in [3.05, 3.63) is 64.7 Å². The monoisotopic (exact) mass is 431 g/mol. The molecule has 160 valence electrons. The predicted octanol–water partition coefficient (Wildman–Crippen LogP) is 4.38. The first-order valence-electron chi connectivity index (χ1n) is 10.0. The molecule has 1 aliphatic rings. The highest BCUT2D eigenvalue weighted by Crippen LogP contribution is 2.32. The van der Waals surface area contributed by atoms with Crippen molar-refractivity contribution in [2.75, 3.05) is 6.61 Å². The number of Topliss-reactive ketones (excluding diaryl/α,β-unsaturated/α-hetero) is 1. The molecule has 2 aromatic rings. The Labute approximate surface area is 181 Å². The van der Waals surface area contributed by atoms with Crippen LogP contribution in [0.3, 0.4) is 0 Å². The van der Waals surface area contributed by atoms with Crippen molar-refractivity contribution in [1.82, 2.24) is 5.32 Å². The summed E-state index contributed by atoms with van der Waals surface area (Å²) in [5, 5.41) is 12.3. The second kappa shape index (κ2) is 10.5. The van der Waals surface area contributed by atoms with Gasteiger partial charge in [-0.2, -0.15) is 0 Å². The molecular weight excluding hydrogens is 406 g/mol. The molecule has 6 nitrogen and oxygen atoms in total. The zero-order valence-corrected chi connectivity index (χ0v) is 17.6. The molecule has 3 rings (SSSR count). The molecular formula is C23H26ClNO5. The number of ether oxygens (including phenoxy) is 2. The van der Waals surface area contributed by atoms with E-state index in [2.05, 4.69) is 12.2 Å². The minimum atomic E-state index is -1.13. The number of benzene rings is 2. The van der Waals surface area contributed by atoms with Crippen molar-refractivity contribution in [1.29, 1.82) is 0 Å². The summed E-state index contributed by atoms with van der Waals surface area (Å²) in [6.45, 7) is 1.70. The summed E-state index contributed by atoms with van der Waals surface area (Å²) in [6.07, 6.45) is 2.44. The first-order chi connectivity index (χ1) is 14.5. The van der Waals surface area contributed by atoms with Crippen LogP contribution in [-0.4, -0.2) is 35.7 Å². The number of carbonyl (C=O) groups excluding carboxylic acids is 2. The van der Waals surface area contributed by atoms with E-state index in [-0.39, 0.29) is 18.3 Å². The van der Waals surface area contributed by atoms with E-state index < -0.39 is 24.5 Å². The number of halogens is 1. The summed E-state index contributed by atoms with van der Waals surface area (Å²) in [5.41, 5.74) is 1.09. The molecule has 0 heterocycles. The van der Waals surface area contributed by atoms with Crippen molar-refractivity contribution < 1.29 is 24.2 Å². The number of carbonyl (C=O) groups is 2. The summed E-state index contributed by atoms with van der Waals surface area (Å²) in [4.78, 5) is 24.7. The lowest BCUT2D eigenvalue weighted by Gasteiger charge is -2.17. The van der Waals surface area contributed by atoms with Crippen molar-refractivity contribution in [3.63, 3.8) is 0 Å². The van der Waals surface area contributed by atoms with Gasteiger partial charge in [-0.05, 0) is 48.9 Å². The van der Waals surface area contributed by atoms with Gasteiger partial charge < -0.3 is 19.9 Å².